The van der Waals surface area contributed by atoms with Gasteiger partial charge in [-0.2, -0.15) is 0 Å². The summed E-state index contributed by atoms with van der Waals surface area (Å²) in [6, 6.07) is -1.42. The van der Waals surface area contributed by atoms with Gasteiger partial charge in [0, 0.05) is 12.8 Å². The molecule has 0 aliphatic heterocycles. The smallest absolute Gasteiger partial charge is 0.306 e. The molecule has 0 aromatic heterocycles. The Morgan fingerprint density at radius 3 is 1.35 bits per heavy atom. The van der Waals surface area contributed by atoms with Crippen LogP contribution in [0.15, 0.2) is 24.3 Å². The van der Waals surface area contributed by atoms with Gasteiger partial charge in [-0.15, -0.1) is 0 Å². The number of carboxylic acids is 1. The summed E-state index contributed by atoms with van der Waals surface area (Å²) in [5, 5.41) is 10.8. The Labute approximate surface area is 328 Å². The fourth-order valence-electron chi connectivity index (χ4n) is 5.76. The van der Waals surface area contributed by atoms with E-state index in [0.717, 1.165) is 77.0 Å². The minimum absolute atomic E-state index is 0.137. The average Bonchev–Trinajstić information content (AvgIpc) is 3.14. The number of aliphatic carboxylic acids is 1. The van der Waals surface area contributed by atoms with E-state index in [0.29, 0.717) is 12.8 Å². The maximum absolute atomic E-state index is 12.6. The molecule has 0 heterocycles. The van der Waals surface area contributed by atoms with E-state index in [9.17, 15) is 28.9 Å². The molecule has 0 aliphatic carbocycles. The molecule has 12 heteroatoms. The number of ether oxygens (including phenoxy) is 2. The molecule has 0 amide bonds. The molecule has 0 saturated heterocycles. The number of hydrogen-bond donors (Lipinski definition) is 1. The van der Waals surface area contributed by atoms with Crippen molar-refractivity contribution in [1.82, 2.24) is 0 Å². The molecule has 0 saturated carbocycles. The van der Waals surface area contributed by atoms with Gasteiger partial charge in [0.05, 0.1) is 6.61 Å². The normalized spacial score (nSPS) is 14.0. The molecule has 0 radical (unpaired) electrons. The Balaban J connectivity index is 4.40. The predicted molar refractivity (Wildman–Crippen MR) is 211 cm³/mol. The van der Waals surface area contributed by atoms with Crippen LogP contribution in [0.25, 0.3) is 0 Å². The van der Waals surface area contributed by atoms with E-state index in [1.165, 1.54) is 77.0 Å². The zero-order valence-corrected chi connectivity index (χ0v) is 35.0. The van der Waals surface area contributed by atoms with Crippen LogP contribution < -0.4 is 15.7 Å². The van der Waals surface area contributed by atoms with E-state index in [4.69, 9.17) is 14.0 Å². The third-order valence-corrected chi connectivity index (χ3v) is 10.1. The number of quaternary nitrogens is 1. The molecule has 11 nitrogen and oxygen atoms in total. The summed E-state index contributed by atoms with van der Waals surface area (Å²) in [6.07, 6.45) is 37.9. The summed E-state index contributed by atoms with van der Waals surface area (Å²) in [6.45, 7) is 2.68. The van der Waals surface area contributed by atoms with Crippen LogP contribution in [-0.2, 0) is 37.5 Å². The van der Waals surface area contributed by atoms with Gasteiger partial charge in [0.1, 0.15) is 25.2 Å². The fraction of sp³-hybridized carbons (Fsp3) is 0.833. The van der Waals surface area contributed by atoms with E-state index in [1.807, 2.05) is 0 Å². The summed E-state index contributed by atoms with van der Waals surface area (Å²) in [7, 11) is -4.95. The quantitative estimate of drug-likeness (QED) is 0.0274. The molecule has 2 unspecified atom stereocenters. The van der Waals surface area contributed by atoms with E-state index >= 15 is 0 Å². The molecule has 0 aromatic carbocycles. The number of hydrogen-bond acceptors (Lipinski definition) is 10. The van der Waals surface area contributed by atoms with Crippen molar-refractivity contribution in [3.63, 3.8) is 0 Å². The lowest BCUT2D eigenvalue weighted by Gasteiger charge is -2.26. The zero-order chi connectivity index (χ0) is 40.0. The minimum atomic E-state index is -4.95. The number of carbonyl (C=O) groups is 3. The van der Waals surface area contributed by atoms with Gasteiger partial charge in [-0.3, -0.25) is 14.2 Å². The van der Waals surface area contributed by atoms with Crippen molar-refractivity contribution in [3.8, 4) is 0 Å². The van der Waals surface area contributed by atoms with Crippen LogP contribution in [0.4, 0.5) is 0 Å². The largest absolute Gasteiger partial charge is 0.756 e. The first-order chi connectivity index (χ1) is 26.1. The highest BCUT2D eigenvalue weighted by atomic mass is 31.2. The van der Waals surface area contributed by atoms with Crippen LogP contribution in [0.3, 0.4) is 0 Å². The third-order valence-electron chi connectivity index (χ3n) is 9.20. The monoisotopic (exact) mass is 787 g/mol. The lowest BCUT2D eigenvalue weighted by molar-refractivity contribution is -0.441. The van der Waals surface area contributed by atoms with Crippen molar-refractivity contribution >= 4 is 25.7 Å². The lowest BCUT2D eigenvalue weighted by atomic mass is 10.1. The molecule has 0 fully saturated rings. The van der Waals surface area contributed by atoms with Crippen LogP contribution in [0.2, 0.25) is 0 Å². The SMILES string of the molecule is CCCCCCCC/C=C\CCCCCCCC(=O)OC[C@H](COP(=O)([O-])OCC([NH3+])C(=O)[O-])OC(=O)CCCCCCC/C=C\CCCCCCCC. The van der Waals surface area contributed by atoms with Crippen LogP contribution in [0.1, 0.15) is 194 Å². The molecule has 54 heavy (non-hydrogen) atoms. The second kappa shape index (κ2) is 37.9. The van der Waals surface area contributed by atoms with Crippen LogP contribution in [-0.4, -0.2) is 49.9 Å². The zero-order valence-electron chi connectivity index (χ0n) is 34.1. The maximum Gasteiger partial charge on any atom is 0.306 e. The van der Waals surface area contributed by atoms with E-state index in [-0.39, 0.29) is 19.4 Å². The number of carbonyl (C=O) groups excluding carboxylic acids is 3. The van der Waals surface area contributed by atoms with Crippen molar-refractivity contribution < 1.29 is 53.2 Å². The Bertz CT molecular complexity index is 1020. The van der Waals surface area contributed by atoms with E-state index in [1.54, 1.807) is 0 Å². The molecule has 0 bridgehead atoms. The number of rotatable bonds is 40. The van der Waals surface area contributed by atoms with Gasteiger partial charge < -0.3 is 39.0 Å². The molecule has 0 spiro atoms. The first-order valence-electron chi connectivity index (χ1n) is 21.4. The van der Waals surface area contributed by atoms with Crippen molar-refractivity contribution in [1.29, 1.82) is 0 Å². The van der Waals surface area contributed by atoms with Crippen molar-refractivity contribution in [2.24, 2.45) is 0 Å². The second-order valence-corrected chi connectivity index (χ2v) is 15.9. The van der Waals surface area contributed by atoms with E-state index < -0.39 is 51.1 Å². The van der Waals surface area contributed by atoms with Crippen LogP contribution in [0, 0.1) is 0 Å². The van der Waals surface area contributed by atoms with Crippen molar-refractivity contribution in [3.05, 3.63) is 24.3 Å². The third kappa shape index (κ3) is 36.9. The highest BCUT2D eigenvalue weighted by Gasteiger charge is 2.22. The molecule has 0 aromatic rings. The molecule has 0 aliphatic rings. The average molecular weight is 787 g/mol. The maximum atomic E-state index is 12.6. The van der Waals surface area contributed by atoms with Gasteiger partial charge in [0.15, 0.2) is 6.10 Å². The molecular weight excluding hydrogens is 709 g/mol. The first-order valence-corrected chi connectivity index (χ1v) is 22.9. The molecule has 3 atom stereocenters. The summed E-state index contributed by atoms with van der Waals surface area (Å²) < 4.78 is 32.3. The van der Waals surface area contributed by atoms with Crippen LogP contribution in [0.5, 0.6) is 0 Å². The Morgan fingerprint density at radius 2 is 0.926 bits per heavy atom. The summed E-state index contributed by atoms with van der Waals surface area (Å²) in [5.74, 6) is -2.59. The summed E-state index contributed by atoms with van der Waals surface area (Å²) in [4.78, 5) is 48.0. The number of allylic oxidation sites excluding steroid dienone is 4. The Kier molecular flexibility index (Phi) is 36.4. The van der Waals surface area contributed by atoms with Gasteiger partial charge >= 0.3 is 11.9 Å². The summed E-state index contributed by atoms with van der Waals surface area (Å²) in [5.41, 5.74) is 3.24. The van der Waals surface area contributed by atoms with Gasteiger partial charge in [0.25, 0.3) is 7.82 Å². The number of esters is 2. The fourth-order valence-corrected chi connectivity index (χ4v) is 6.55. The van der Waals surface area contributed by atoms with Crippen molar-refractivity contribution in [2.75, 3.05) is 19.8 Å². The lowest BCUT2D eigenvalue weighted by Crippen LogP contribution is -2.70. The molecule has 3 N–H and O–H groups in total. The van der Waals surface area contributed by atoms with Gasteiger partial charge in [-0.25, -0.2) is 0 Å². The summed E-state index contributed by atoms with van der Waals surface area (Å²) >= 11 is 0. The Morgan fingerprint density at radius 1 is 0.556 bits per heavy atom. The molecule has 0 rings (SSSR count). The number of phosphoric acid groups is 1. The highest BCUT2D eigenvalue weighted by molar-refractivity contribution is 7.45. The van der Waals surface area contributed by atoms with Crippen molar-refractivity contribution in [2.45, 2.75) is 206 Å². The van der Waals surface area contributed by atoms with Gasteiger partial charge in [0.2, 0.25) is 0 Å². The topological polar surface area (TPSA) is 179 Å². The number of carboxylic acid groups (broad SMARTS) is 1. The Hall–Kier alpha value is -2.04. The minimum Gasteiger partial charge on any atom is -0.756 e. The number of unbranched alkanes of at least 4 members (excludes halogenated alkanes) is 22. The standard InChI is InChI=1S/C42H78NO10P/c1-3-5-7-9-11-13-15-17-19-21-23-25-27-29-31-33-40(44)50-35-38(36-51-54(48,49)52-37-39(43)42(46)47)53-41(45)34-32-30-28-26-24-22-20-18-16-14-12-10-8-6-4-2/h17-20,38-39H,3-16,21-37,43H2,1-2H3,(H,46,47)(H,48,49)/p-1/b19-17-,20-18-/t38-,39?/m1/s1. The highest BCUT2D eigenvalue weighted by Crippen LogP contribution is 2.38. The predicted octanol–water partition coefficient (Wildman–Crippen LogP) is 8.38. The molecular formula is C42H77NO10P-. The number of phosphoric ester groups is 1. The van der Waals surface area contributed by atoms with Gasteiger partial charge in [-0.05, 0) is 64.2 Å². The van der Waals surface area contributed by atoms with Crippen LogP contribution >= 0.6 is 7.82 Å². The molecule has 316 valence electrons. The van der Waals surface area contributed by atoms with E-state index in [2.05, 4.69) is 48.4 Å². The van der Waals surface area contributed by atoms with Gasteiger partial charge in [-0.1, -0.05) is 141 Å². The second-order valence-electron chi connectivity index (χ2n) is 14.5. The first kappa shape index (κ1) is 52.0.